The molecule has 0 heterocycles. The highest BCUT2D eigenvalue weighted by atomic mass is 35.5. The van der Waals surface area contributed by atoms with Gasteiger partial charge in [0.25, 0.3) is 5.69 Å². The smallest absolute Gasteiger partial charge is 0.271 e. The molecule has 0 aliphatic heterocycles. The highest BCUT2D eigenvalue weighted by Gasteiger charge is 2.08. The van der Waals surface area contributed by atoms with Gasteiger partial charge in [-0.3, -0.25) is 10.1 Å². The summed E-state index contributed by atoms with van der Waals surface area (Å²) in [5, 5.41) is 17.5. The number of hydrogen-bond acceptors (Lipinski definition) is 4. The minimum absolute atomic E-state index is 0.00321. The molecule has 0 unspecified atom stereocenters. The molecule has 2 aromatic carbocycles. The Kier molecular flexibility index (Phi) is 6.18. The predicted molar refractivity (Wildman–Crippen MR) is 89.6 cm³/mol. The van der Waals surface area contributed by atoms with Crippen LogP contribution in [0, 0.1) is 10.1 Å². The number of rotatable bonds is 8. The average Bonchev–Trinajstić information content (AvgIpc) is 2.52. The van der Waals surface area contributed by atoms with Crippen LogP contribution < -0.4 is 10.6 Å². The van der Waals surface area contributed by atoms with E-state index in [0.29, 0.717) is 17.3 Å². The molecule has 116 valence electrons. The third-order valence-electron chi connectivity index (χ3n) is 3.21. The van der Waals surface area contributed by atoms with Crippen molar-refractivity contribution >= 4 is 23.0 Å². The van der Waals surface area contributed by atoms with E-state index in [1.807, 2.05) is 18.2 Å². The maximum Gasteiger partial charge on any atom is 0.271 e. The highest BCUT2D eigenvalue weighted by molar-refractivity contribution is 6.33. The van der Waals surface area contributed by atoms with Crippen molar-refractivity contribution in [2.75, 3.05) is 25.0 Å². The van der Waals surface area contributed by atoms with E-state index in [-0.39, 0.29) is 5.69 Å². The molecular weight excluding hydrogens is 302 g/mol. The Morgan fingerprint density at radius 3 is 2.50 bits per heavy atom. The van der Waals surface area contributed by atoms with Crippen LogP contribution in [0.3, 0.4) is 0 Å². The monoisotopic (exact) mass is 319 g/mol. The third-order valence-corrected chi connectivity index (χ3v) is 3.53. The summed E-state index contributed by atoms with van der Waals surface area (Å²) in [6.45, 7) is 2.39. The second kappa shape index (κ2) is 8.36. The van der Waals surface area contributed by atoms with Crippen LogP contribution in [0.2, 0.25) is 5.02 Å². The van der Waals surface area contributed by atoms with Crippen molar-refractivity contribution < 1.29 is 4.92 Å². The van der Waals surface area contributed by atoms with E-state index in [0.717, 1.165) is 19.5 Å². The van der Waals surface area contributed by atoms with Crippen LogP contribution in [0.15, 0.2) is 48.5 Å². The number of nitro groups is 1. The van der Waals surface area contributed by atoms with Crippen LogP contribution >= 0.6 is 11.6 Å². The van der Waals surface area contributed by atoms with Crippen molar-refractivity contribution in [2.45, 2.75) is 6.42 Å². The van der Waals surface area contributed by atoms with Crippen molar-refractivity contribution in [1.82, 2.24) is 5.32 Å². The van der Waals surface area contributed by atoms with Crippen molar-refractivity contribution in [1.29, 1.82) is 0 Å². The predicted octanol–water partition coefficient (Wildman–Crippen LogP) is 3.49. The van der Waals surface area contributed by atoms with E-state index >= 15 is 0 Å². The number of nitrogens with one attached hydrogen (secondary N) is 2. The van der Waals surface area contributed by atoms with Crippen molar-refractivity contribution in [3.8, 4) is 0 Å². The molecule has 0 radical (unpaired) electrons. The zero-order chi connectivity index (χ0) is 15.8. The number of nitro benzene ring substituents is 1. The normalized spacial score (nSPS) is 10.4. The van der Waals surface area contributed by atoms with E-state index in [1.54, 1.807) is 6.07 Å². The lowest BCUT2D eigenvalue weighted by atomic mass is 10.1. The molecule has 22 heavy (non-hydrogen) atoms. The first-order valence-corrected chi connectivity index (χ1v) is 7.47. The van der Waals surface area contributed by atoms with Gasteiger partial charge in [-0.25, -0.2) is 0 Å². The lowest BCUT2D eigenvalue weighted by molar-refractivity contribution is -0.384. The molecule has 0 atom stereocenters. The molecule has 2 aromatic rings. The highest BCUT2D eigenvalue weighted by Crippen LogP contribution is 2.26. The van der Waals surface area contributed by atoms with E-state index in [9.17, 15) is 10.1 Å². The quantitative estimate of drug-likeness (QED) is 0.444. The van der Waals surface area contributed by atoms with Crippen molar-refractivity contribution in [3.05, 3.63) is 69.2 Å². The van der Waals surface area contributed by atoms with Gasteiger partial charge in [-0.2, -0.15) is 0 Å². The fraction of sp³-hybridized carbons (Fsp3) is 0.250. The van der Waals surface area contributed by atoms with Gasteiger partial charge in [-0.05, 0) is 24.6 Å². The van der Waals surface area contributed by atoms with Gasteiger partial charge in [0.1, 0.15) is 0 Å². The van der Waals surface area contributed by atoms with Crippen LogP contribution in [0.4, 0.5) is 11.4 Å². The SMILES string of the molecule is O=[N+]([O-])c1ccc(NCCNCCc2ccccc2)c(Cl)c1. The zero-order valence-corrected chi connectivity index (χ0v) is 12.8. The van der Waals surface area contributed by atoms with Gasteiger partial charge in [0.15, 0.2) is 0 Å². The third kappa shape index (κ3) is 5.02. The summed E-state index contributed by atoms with van der Waals surface area (Å²) in [5.74, 6) is 0. The minimum Gasteiger partial charge on any atom is -0.383 e. The summed E-state index contributed by atoms with van der Waals surface area (Å²) in [6.07, 6.45) is 0.985. The number of nitrogens with zero attached hydrogens (tertiary/aromatic N) is 1. The molecule has 0 spiro atoms. The maximum absolute atomic E-state index is 10.6. The molecule has 0 bridgehead atoms. The summed E-state index contributed by atoms with van der Waals surface area (Å²) >= 11 is 6.01. The molecule has 0 fully saturated rings. The van der Waals surface area contributed by atoms with E-state index in [2.05, 4.69) is 22.8 Å². The molecular formula is C16H18ClN3O2. The number of benzene rings is 2. The lowest BCUT2D eigenvalue weighted by Gasteiger charge is -2.09. The first-order chi connectivity index (χ1) is 10.7. The topological polar surface area (TPSA) is 67.2 Å². The second-order valence-electron chi connectivity index (χ2n) is 4.83. The Morgan fingerprint density at radius 1 is 1.05 bits per heavy atom. The molecule has 2 rings (SSSR count). The Morgan fingerprint density at radius 2 is 1.82 bits per heavy atom. The van der Waals surface area contributed by atoms with Gasteiger partial charge in [0.2, 0.25) is 0 Å². The fourth-order valence-corrected chi connectivity index (χ4v) is 2.29. The van der Waals surface area contributed by atoms with Crippen LogP contribution in [0.1, 0.15) is 5.56 Å². The molecule has 5 nitrogen and oxygen atoms in total. The zero-order valence-electron chi connectivity index (χ0n) is 12.1. The van der Waals surface area contributed by atoms with Crippen LogP contribution in [0.25, 0.3) is 0 Å². The summed E-state index contributed by atoms with van der Waals surface area (Å²) in [5.41, 5.74) is 2.01. The molecule has 6 heteroatoms. The first kappa shape index (κ1) is 16.3. The van der Waals surface area contributed by atoms with E-state index in [1.165, 1.54) is 17.7 Å². The van der Waals surface area contributed by atoms with Gasteiger partial charge >= 0.3 is 0 Å². The molecule has 2 N–H and O–H groups in total. The van der Waals surface area contributed by atoms with Gasteiger partial charge in [-0.1, -0.05) is 41.9 Å². The standard InChI is InChI=1S/C16H18ClN3O2/c17-15-12-14(20(21)22)6-7-16(15)19-11-10-18-9-8-13-4-2-1-3-5-13/h1-7,12,18-19H,8-11H2. The molecule has 0 saturated carbocycles. The Bertz CT molecular complexity index is 620. The fourth-order valence-electron chi connectivity index (χ4n) is 2.05. The maximum atomic E-state index is 10.6. The molecule has 0 aliphatic rings. The Hall–Kier alpha value is -2.11. The average molecular weight is 320 g/mol. The van der Waals surface area contributed by atoms with E-state index in [4.69, 9.17) is 11.6 Å². The van der Waals surface area contributed by atoms with Crippen LogP contribution in [0.5, 0.6) is 0 Å². The number of halogens is 1. The summed E-state index contributed by atoms with van der Waals surface area (Å²) in [6, 6.07) is 14.7. The number of non-ortho nitro benzene ring substituents is 1. The van der Waals surface area contributed by atoms with Gasteiger partial charge < -0.3 is 10.6 Å². The summed E-state index contributed by atoms with van der Waals surface area (Å²) < 4.78 is 0. The van der Waals surface area contributed by atoms with Crippen molar-refractivity contribution in [2.24, 2.45) is 0 Å². The van der Waals surface area contributed by atoms with Gasteiger partial charge in [0, 0.05) is 25.2 Å². The largest absolute Gasteiger partial charge is 0.383 e. The Labute approximate surface area is 134 Å². The number of hydrogen-bond donors (Lipinski definition) is 2. The van der Waals surface area contributed by atoms with Crippen molar-refractivity contribution in [3.63, 3.8) is 0 Å². The van der Waals surface area contributed by atoms with Gasteiger partial charge in [-0.15, -0.1) is 0 Å². The molecule has 0 amide bonds. The first-order valence-electron chi connectivity index (χ1n) is 7.09. The van der Waals surface area contributed by atoms with Gasteiger partial charge in [0.05, 0.1) is 15.6 Å². The summed E-state index contributed by atoms with van der Waals surface area (Å²) in [4.78, 5) is 10.2. The van der Waals surface area contributed by atoms with Crippen LogP contribution in [-0.2, 0) is 6.42 Å². The second-order valence-corrected chi connectivity index (χ2v) is 5.24. The van der Waals surface area contributed by atoms with Crippen LogP contribution in [-0.4, -0.2) is 24.6 Å². The summed E-state index contributed by atoms with van der Waals surface area (Å²) in [7, 11) is 0. The molecule has 0 aliphatic carbocycles. The minimum atomic E-state index is -0.458. The van der Waals surface area contributed by atoms with E-state index < -0.39 is 4.92 Å². The number of anilines is 1. The molecule has 0 saturated heterocycles. The lowest BCUT2D eigenvalue weighted by Crippen LogP contribution is -2.24. The Balaban J connectivity index is 1.67. The molecule has 0 aromatic heterocycles.